The fourth-order valence-corrected chi connectivity index (χ4v) is 3.30. The minimum atomic E-state index is -1.20. The molecule has 9 nitrogen and oxygen atoms in total. The first-order valence-corrected chi connectivity index (χ1v) is 11.8. The van der Waals surface area contributed by atoms with E-state index in [0.717, 1.165) is 5.56 Å². The van der Waals surface area contributed by atoms with Crippen molar-refractivity contribution in [3.8, 4) is 0 Å². The number of fused-ring (bicyclic) bond motifs is 1. The highest BCUT2D eigenvalue weighted by Crippen LogP contribution is 2.24. The number of carbonyl (C=O) groups is 2. The number of aromatic nitrogens is 1. The quantitative estimate of drug-likeness (QED) is 0.267. The van der Waals surface area contributed by atoms with Crippen LogP contribution < -0.4 is 10.6 Å². The predicted molar refractivity (Wildman–Crippen MR) is 135 cm³/mol. The molecule has 0 aliphatic heterocycles. The minimum Gasteiger partial charge on any atom is -0.445 e. The molecule has 0 aliphatic rings. The van der Waals surface area contributed by atoms with Crippen LogP contribution in [-0.4, -0.2) is 40.5 Å². The van der Waals surface area contributed by atoms with E-state index >= 15 is 0 Å². The summed E-state index contributed by atoms with van der Waals surface area (Å²) in [6, 6.07) is 15.7. The number of benzene rings is 2. The van der Waals surface area contributed by atoms with Gasteiger partial charge in [-0.2, -0.15) is 0 Å². The van der Waals surface area contributed by atoms with Crippen molar-refractivity contribution in [3.63, 3.8) is 0 Å². The molecule has 0 aliphatic carbocycles. The predicted octanol–water partition coefficient (Wildman–Crippen LogP) is 5.02. The smallest absolute Gasteiger partial charge is 0.407 e. The number of aliphatic hydroxyl groups excluding tert-OH is 1. The van der Waals surface area contributed by atoms with Crippen LogP contribution in [0.4, 0.5) is 9.59 Å². The number of amides is 2. The third-order valence-electron chi connectivity index (χ3n) is 5.00. The first-order valence-electron chi connectivity index (χ1n) is 11.8. The number of hydrogen-bond acceptors (Lipinski definition) is 7. The highest BCUT2D eigenvalue weighted by atomic mass is 16.6. The van der Waals surface area contributed by atoms with Gasteiger partial charge in [-0.1, -0.05) is 54.6 Å². The Kier molecular flexibility index (Phi) is 9.46. The molecule has 1 heterocycles. The van der Waals surface area contributed by atoms with E-state index < -0.39 is 29.9 Å². The molecular weight excluding hydrogens is 462 g/mol. The topological polar surface area (TPSA) is 123 Å². The van der Waals surface area contributed by atoms with Crippen molar-refractivity contribution >= 4 is 23.3 Å². The van der Waals surface area contributed by atoms with Crippen molar-refractivity contribution in [3.05, 3.63) is 78.2 Å². The first-order chi connectivity index (χ1) is 17.2. The van der Waals surface area contributed by atoms with Crippen molar-refractivity contribution in [2.24, 2.45) is 0 Å². The highest BCUT2D eigenvalue weighted by molar-refractivity contribution is 5.72. The Morgan fingerprint density at radius 1 is 1.06 bits per heavy atom. The number of rotatable bonds is 10. The van der Waals surface area contributed by atoms with Gasteiger partial charge in [-0.15, -0.1) is 0 Å². The molecule has 9 heteroatoms. The van der Waals surface area contributed by atoms with Crippen LogP contribution >= 0.6 is 0 Å². The number of nitrogens with one attached hydrogen (secondary N) is 2. The maximum atomic E-state index is 12.5. The fraction of sp³-hybridized carbons (Fsp3) is 0.370. The first kappa shape index (κ1) is 26.7. The van der Waals surface area contributed by atoms with E-state index in [0.29, 0.717) is 24.1 Å². The van der Waals surface area contributed by atoms with Gasteiger partial charge in [0.2, 0.25) is 5.89 Å². The second-order valence-electron chi connectivity index (χ2n) is 9.20. The van der Waals surface area contributed by atoms with Crippen LogP contribution in [0.3, 0.4) is 0 Å². The number of ether oxygens (including phenoxy) is 2. The highest BCUT2D eigenvalue weighted by Gasteiger charge is 2.27. The monoisotopic (exact) mass is 495 g/mol. The molecule has 1 unspecified atom stereocenters. The lowest BCUT2D eigenvalue weighted by atomic mass is 10.1. The van der Waals surface area contributed by atoms with Gasteiger partial charge in [-0.25, -0.2) is 14.6 Å². The molecule has 3 aromatic rings. The summed E-state index contributed by atoms with van der Waals surface area (Å²) in [5, 5.41) is 16.4. The van der Waals surface area contributed by atoms with E-state index in [1.165, 1.54) is 0 Å². The summed E-state index contributed by atoms with van der Waals surface area (Å²) in [5.41, 5.74) is 1.44. The SMILES string of the molecule is CC(C)(C)OC(=O)NCCC=CC[C@H](NC(=O)OCc1ccccc1)C(O)c1nc2ccccc2o1. The van der Waals surface area contributed by atoms with Crippen LogP contribution in [0.15, 0.2) is 71.2 Å². The summed E-state index contributed by atoms with van der Waals surface area (Å²) >= 11 is 0. The van der Waals surface area contributed by atoms with Crippen molar-refractivity contribution in [1.82, 2.24) is 15.6 Å². The molecule has 0 fully saturated rings. The minimum absolute atomic E-state index is 0.101. The number of aliphatic hydroxyl groups is 1. The zero-order chi connectivity index (χ0) is 26.0. The fourth-order valence-electron chi connectivity index (χ4n) is 3.30. The maximum absolute atomic E-state index is 12.5. The Hall–Kier alpha value is -3.85. The molecule has 0 saturated heterocycles. The average molecular weight is 496 g/mol. The Morgan fingerprint density at radius 3 is 2.50 bits per heavy atom. The number of para-hydroxylation sites is 2. The van der Waals surface area contributed by atoms with Crippen LogP contribution in [0.1, 0.15) is 51.2 Å². The van der Waals surface area contributed by atoms with E-state index in [9.17, 15) is 14.7 Å². The van der Waals surface area contributed by atoms with Crippen LogP contribution in [0.25, 0.3) is 11.1 Å². The molecule has 0 bridgehead atoms. The summed E-state index contributed by atoms with van der Waals surface area (Å²) in [6.07, 6.45) is 2.13. The second-order valence-corrected chi connectivity index (χ2v) is 9.20. The van der Waals surface area contributed by atoms with E-state index in [2.05, 4.69) is 15.6 Å². The van der Waals surface area contributed by atoms with E-state index in [1.54, 1.807) is 32.9 Å². The Bertz CT molecular complexity index is 1120. The molecule has 0 radical (unpaired) electrons. The van der Waals surface area contributed by atoms with Crippen molar-refractivity contribution in [1.29, 1.82) is 0 Å². The molecule has 3 rings (SSSR count). The number of alkyl carbamates (subject to hydrolysis) is 2. The van der Waals surface area contributed by atoms with Gasteiger partial charge in [-0.3, -0.25) is 0 Å². The summed E-state index contributed by atoms with van der Waals surface area (Å²) in [5.74, 6) is 0.101. The lowest BCUT2D eigenvalue weighted by Crippen LogP contribution is -2.39. The average Bonchev–Trinajstić information content (AvgIpc) is 3.27. The molecule has 2 aromatic carbocycles. The molecule has 36 heavy (non-hydrogen) atoms. The molecule has 0 spiro atoms. The second kappa shape index (κ2) is 12.7. The molecule has 2 atom stereocenters. The van der Waals surface area contributed by atoms with Gasteiger partial charge in [0.25, 0.3) is 0 Å². The zero-order valence-corrected chi connectivity index (χ0v) is 20.8. The van der Waals surface area contributed by atoms with Gasteiger partial charge in [0.15, 0.2) is 11.7 Å². The van der Waals surface area contributed by atoms with Crippen LogP contribution in [0.2, 0.25) is 0 Å². The summed E-state index contributed by atoms with van der Waals surface area (Å²) < 4.78 is 16.2. The standard InChI is InChI=1S/C27H33N3O6/c1-27(2,3)36-25(32)28-17-11-5-8-15-21(30-26(33)34-18-19-12-6-4-7-13-19)23(31)24-29-20-14-9-10-16-22(20)35-24/h4-10,12-14,16,21,23,31H,11,15,17-18H2,1-3H3,(H,28,32)(H,30,33)/t21-,23?/m0/s1. The Labute approximate surface area is 210 Å². The van der Waals surface area contributed by atoms with Crippen LogP contribution in [0, 0.1) is 0 Å². The van der Waals surface area contributed by atoms with Crippen molar-refractivity contribution in [2.75, 3.05) is 6.54 Å². The van der Waals surface area contributed by atoms with E-state index in [4.69, 9.17) is 13.9 Å². The van der Waals surface area contributed by atoms with Crippen LogP contribution in [0.5, 0.6) is 0 Å². The van der Waals surface area contributed by atoms with Gasteiger partial charge in [-0.05, 0) is 51.3 Å². The van der Waals surface area contributed by atoms with Crippen molar-refractivity contribution < 1.29 is 28.6 Å². The van der Waals surface area contributed by atoms with Crippen molar-refractivity contribution in [2.45, 2.75) is 58.0 Å². The molecule has 0 saturated carbocycles. The lowest BCUT2D eigenvalue weighted by Gasteiger charge is -2.21. The Balaban J connectivity index is 1.58. The third kappa shape index (κ3) is 8.74. The van der Waals surface area contributed by atoms with Gasteiger partial charge in [0, 0.05) is 6.54 Å². The number of carbonyl (C=O) groups excluding carboxylic acids is 2. The van der Waals surface area contributed by atoms with Gasteiger partial charge in [0.05, 0.1) is 6.04 Å². The third-order valence-corrected chi connectivity index (χ3v) is 5.00. The normalized spacial score (nSPS) is 13.3. The molecular formula is C27H33N3O6. The zero-order valence-electron chi connectivity index (χ0n) is 20.8. The summed E-state index contributed by atoms with van der Waals surface area (Å²) in [6.45, 7) is 5.88. The molecule has 1 aromatic heterocycles. The van der Waals surface area contributed by atoms with Gasteiger partial charge >= 0.3 is 12.2 Å². The largest absolute Gasteiger partial charge is 0.445 e. The van der Waals surface area contributed by atoms with Crippen LogP contribution in [-0.2, 0) is 16.1 Å². The summed E-state index contributed by atoms with van der Waals surface area (Å²) in [4.78, 5) is 28.6. The molecule has 3 N–H and O–H groups in total. The van der Waals surface area contributed by atoms with E-state index in [1.807, 2.05) is 54.6 Å². The Morgan fingerprint density at radius 2 is 1.78 bits per heavy atom. The van der Waals surface area contributed by atoms with Gasteiger partial charge < -0.3 is 29.6 Å². The number of oxazole rings is 1. The number of nitrogens with zero attached hydrogens (tertiary/aromatic N) is 1. The molecule has 192 valence electrons. The molecule has 2 amide bonds. The lowest BCUT2D eigenvalue weighted by molar-refractivity contribution is 0.0528. The van der Waals surface area contributed by atoms with Gasteiger partial charge in [0.1, 0.15) is 17.7 Å². The van der Waals surface area contributed by atoms with E-state index in [-0.39, 0.29) is 18.9 Å². The summed E-state index contributed by atoms with van der Waals surface area (Å²) in [7, 11) is 0. The number of hydrogen-bond donors (Lipinski definition) is 3. The maximum Gasteiger partial charge on any atom is 0.407 e.